The van der Waals surface area contributed by atoms with Gasteiger partial charge >= 0.3 is 53.9 Å². The van der Waals surface area contributed by atoms with E-state index in [0.717, 1.165) is 116 Å². The maximum Gasteiger partial charge on any atom is 1.00 e. The number of ether oxygens (including phenoxy) is 5. The van der Waals surface area contributed by atoms with Crippen molar-refractivity contribution in [3.63, 3.8) is 0 Å². The van der Waals surface area contributed by atoms with E-state index in [4.69, 9.17) is 9.47 Å². The topological polar surface area (TPSA) is 239 Å². The monoisotopic (exact) mass is 1220 g/mol. The SMILES string of the molecule is CC(=O)OC(OC(C)=O)OC(C)=O.CC(C)=O.COc1cc(C)[nH]c(=O)c1CCC(=O)c1c(C)n(C(C)C2CCN(C(C)C)CC2)c2ccccc12.COc1cc(C)[nH]c(=O)c1CCC(=O)c1c(C)n(C(C)C2CCNCC2)c2ccccc12.Cl.[Na+]. The largest absolute Gasteiger partial charge is 1.00 e. The normalized spacial score (nSPS) is 14.2. The average molecular weight is 1220 g/mol. The van der Waals surface area contributed by atoms with Crippen LogP contribution in [0.25, 0.3) is 21.8 Å². The van der Waals surface area contributed by atoms with Crippen molar-refractivity contribution in [1.82, 2.24) is 29.3 Å². The third-order valence-electron chi connectivity index (χ3n) is 15.6. The Kier molecular flexibility index (Phi) is 29.9. The van der Waals surface area contributed by atoms with Gasteiger partial charge < -0.3 is 57.8 Å². The van der Waals surface area contributed by atoms with Crippen LogP contribution in [-0.2, 0) is 46.2 Å². The summed E-state index contributed by atoms with van der Waals surface area (Å²) < 4.78 is 28.6. The second kappa shape index (κ2) is 34.9. The van der Waals surface area contributed by atoms with Gasteiger partial charge in [0.25, 0.3) is 11.1 Å². The number of benzene rings is 2. The zero-order chi connectivity index (χ0) is 62.1. The van der Waals surface area contributed by atoms with Crippen molar-refractivity contribution < 1.29 is 82.0 Å². The number of likely N-dealkylation sites (tertiary alicyclic amines) is 1. The number of hydrogen-bond acceptors (Lipinski definition) is 15. The number of fused-ring (bicyclic) bond motifs is 2. The van der Waals surface area contributed by atoms with Crippen molar-refractivity contribution in [1.29, 1.82) is 0 Å². The summed E-state index contributed by atoms with van der Waals surface area (Å²) in [6.07, 6.45) is 5.85. The van der Waals surface area contributed by atoms with E-state index in [9.17, 15) is 38.4 Å². The molecule has 2 fully saturated rings. The van der Waals surface area contributed by atoms with Crippen LogP contribution < -0.4 is 55.5 Å². The van der Waals surface area contributed by atoms with E-state index in [-0.39, 0.29) is 83.3 Å². The van der Waals surface area contributed by atoms with Gasteiger partial charge in [0, 0.05) is 107 Å². The number of carbonyl (C=O) groups excluding carboxylic acids is 6. The molecule has 19 nitrogen and oxygen atoms in total. The molecular formula is C65H89ClN6NaO13+. The first-order valence-corrected chi connectivity index (χ1v) is 29.0. The molecule has 0 spiro atoms. The molecule has 0 radical (unpaired) electrons. The number of nitrogens with zero attached hydrogens (tertiary/aromatic N) is 3. The van der Waals surface area contributed by atoms with Gasteiger partial charge in [-0.3, -0.25) is 33.6 Å². The van der Waals surface area contributed by atoms with E-state index in [1.165, 1.54) is 26.7 Å². The van der Waals surface area contributed by atoms with Crippen LogP contribution in [0.5, 0.6) is 11.5 Å². The molecular weight excluding hydrogens is 1130 g/mol. The number of pyridine rings is 2. The van der Waals surface area contributed by atoms with Crippen molar-refractivity contribution in [2.45, 2.75) is 166 Å². The smallest absolute Gasteiger partial charge is 0.496 e. The molecule has 0 aliphatic carbocycles. The fourth-order valence-corrected chi connectivity index (χ4v) is 11.6. The fraction of sp³-hybridized carbons (Fsp3) is 0.508. The number of halogens is 1. The number of esters is 3. The Morgan fingerprint density at radius 3 is 1.26 bits per heavy atom. The first-order chi connectivity index (χ1) is 39.8. The van der Waals surface area contributed by atoms with Crippen LogP contribution in [0.3, 0.4) is 0 Å². The van der Waals surface area contributed by atoms with Gasteiger partial charge in [0.15, 0.2) is 11.6 Å². The summed E-state index contributed by atoms with van der Waals surface area (Å²) >= 11 is 0. The minimum absolute atomic E-state index is 0. The number of ketones is 3. The van der Waals surface area contributed by atoms with Crippen molar-refractivity contribution in [3.8, 4) is 11.5 Å². The Labute approximate surface area is 533 Å². The Morgan fingerprint density at radius 2 is 0.919 bits per heavy atom. The van der Waals surface area contributed by atoms with Gasteiger partial charge in [0.1, 0.15) is 17.3 Å². The van der Waals surface area contributed by atoms with E-state index in [1.807, 2.05) is 44.2 Å². The third-order valence-corrected chi connectivity index (χ3v) is 15.6. The number of piperidine rings is 2. The fourth-order valence-electron chi connectivity index (χ4n) is 11.6. The average Bonchev–Trinajstić information content (AvgIpc) is 1.85. The first-order valence-electron chi connectivity index (χ1n) is 29.0. The summed E-state index contributed by atoms with van der Waals surface area (Å²) in [5.74, 6) is 0.407. The number of aromatic amines is 2. The Morgan fingerprint density at radius 1 is 0.570 bits per heavy atom. The molecule has 2 aliphatic heterocycles. The number of aryl methyl sites for hydroxylation is 2. The predicted molar refractivity (Wildman–Crippen MR) is 332 cm³/mol. The summed E-state index contributed by atoms with van der Waals surface area (Å²) in [5.41, 5.74) is 8.02. The summed E-state index contributed by atoms with van der Waals surface area (Å²) in [6, 6.07) is 21.3. The van der Waals surface area contributed by atoms with Gasteiger partial charge in [-0.25, -0.2) is 0 Å². The number of rotatable bonds is 18. The van der Waals surface area contributed by atoms with Gasteiger partial charge in [0.05, 0.1) is 25.3 Å². The molecule has 2 unspecified atom stereocenters. The van der Waals surface area contributed by atoms with Crippen LogP contribution in [0.1, 0.15) is 168 Å². The van der Waals surface area contributed by atoms with E-state index < -0.39 is 24.4 Å². The van der Waals surface area contributed by atoms with Crippen LogP contribution in [0.4, 0.5) is 0 Å². The van der Waals surface area contributed by atoms with Gasteiger partial charge in [0.2, 0.25) is 0 Å². The predicted octanol–water partition coefficient (Wildman–Crippen LogP) is 7.76. The molecule has 2 aliphatic rings. The van der Waals surface area contributed by atoms with Crippen LogP contribution in [0.2, 0.25) is 0 Å². The van der Waals surface area contributed by atoms with Crippen molar-refractivity contribution in [2.75, 3.05) is 40.4 Å². The minimum Gasteiger partial charge on any atom is -0.496 e. The number of hydrogen-bond donors (Lipinski definition) is 3. The Hall–Kier alpha value is -6.35. The minimum atomic E-state index is -1.59. The third kappa shape index (κ3) is 19.8. The maximum atomic E-state index is 13.6. The van der Waals surface area contributed by atoms with Crippen LogP contribution in [0.15, 0.2) is 70.3 Å². The summed E-state index contributed by atoms with van der Waals surface area (Å²) in [5, 5.41) is 5.45. The molecule has 4 aromatic heterocycles. The van der Waals surface area contributed by atoms with E-state index >= 15 is 0 Å². The van der Waals surface area contributed by atoms with Crippen molar-refractivity contribution in [2.24, 2.45) is 11.8 Å². The molecule has 6 heterocycles. The van der Waals surface area contributed by atoms with E-state index in [1.54, 1.807) is 20.3 Å². The molecule has 464 valence electrons. The first kappa shape index (κ1) is 73.9. The Bertz CT molecular complexity index is 3360. The van der Waals surface area contributed by atoms with Crippen molar-refractivity contribution in [3.05, 3.63) is 126 Å². The zero-order valence-electron chi connectivity index (χ0n) is 53.3. The zero-order valence-corrected chi connectivity index (χ0v) is 56.1. The van der Waals surface area contributed by atoms with Gasteiger partial charge in [-0.2, -0.15) is 0 Å². The molecule has 8 rings (SSSR count). The van der Waals surface area contributed by atoms with Crippen molar-refractivity contribution >= 4 is 69.5 Å². The summed E-state index contributed by atoms with van der Waals surface area (Å²) in [7, 11) is 3.11. The summed E-state index contributed by atoms with van der Waals surface area (Å²) in [4.78, 5) is 101. The molecule has 6 aromatic rings. The summed E-state index contributed by atoms with van der Waals surface area (Å²) in [6.45, 7) is 26.0. The van der Waals surface area contributed by atoms with Gasteiger partial charge in [-0.15, -0.1) is 12.4 Å². The number of H-pyrrole nitrogens is 2. The van der Waals surface area contributed by atoms with Gasteiger partial charge in [-0.1, -0.05) is 36.4 Å². The molecule has 2 aromatic carbocycles. The molecule has 3 N–H and O–H groups in total. The molecule has 0 amide bonds. The molecule has 2 atom stereocenters. The Balaban J connectivity index is 0.000000351. The van der Waals surface area contributed by atoms with E-state index in [2.05, 4.69) is 109 Å². The van der Waals surface area contributed by atoms with Crippen LogP contribution in [0, 0.1) is 39.5 Å². The molecule has 2 saturated heterocycles. The second-order valence-corrected chi connectivity index (χ2v) is 22.3. The van der Waals surface area contributed by atoms with E-state index in [0.29, 0.717) is 65.4 Å². The van der Waals surface area contributed by atoms with Crippen LogP contribution in [-0.4, -0.2) is 112 Å². The second-order valence-electron chi connectivity index (χ2n) is 22.3. The standard InChI is InChI=1S/C29H39N3O3.C26H33N3O3.C7H10O6.C3H6O.ClH.Na/c1-18(2)31-15-13-22(14-16-31)20(4)32-21(5)28(23-9-7-8-10-25(23)32)26(33)12-11-24-27(35-6)17-19(3)30-29(24)34;1-16-15-24(32-4)21(26(31)28-16)9-10-23(30)25-18(3)29(22-8-6-5-7-20(22)25)17(2)19-11-13-27-14-12-19;1-4(8)11-7(12-5(2)9)13-6(3)10;1-3(2)4;;/h7-10,17-18,20,22H,11-16H2,1-6H3,(H,30,34);5-8,15,17,19,27H,9-14H2,1-4H3,(H,28,31);7H,1-3H3;1-2H3;1H;/q;;;;;+1. The quantitative estimate of drug-likeness (QED) is 0.0323. The molecule has 21 heteroatoms. The maximum absolute atomic E-state index is 13.6. The number of Topliss-reactive ketones (excluding diaryl/α,β-unsaturated/α-hetero) is 3. The number of methoxy groups -OCH3 is 2. The molecule has 86 heavy (non-hydrogen) atoms. The van der Waals surface area contributed by atoms with Crippen LogP contribution >= 0.6 is 12.4 Å². The number of nitrogens with one attached hydrogen (secondary N) is 3. The van der Waals surface area contributed by atoms with Gasteiger partial charge in [-0.05, 0) is 170 Å². The molecule has 0 bridgehead atoms. The molecule has 0 saturated carbocycles. The number of carbonyl (C=O) groups is 6. The number of aromatic nitrogens is 4. The number of para-hydroxylation sites is 2.